The Morgan fingerprint density at radius 3 is 2.10 bits per heavy atom. The smallest absolute Gasteiger partial charge is 0.264 e. The van der Waals surface area contributed by atoms with Gasteiger partial charge in [0.1, 0.15) is 24.7 Å². The van der Waals surface area contributed by atoms with Crippen molar-refractivity contribution in [2.45, 2.75) is 29.1 Å². The van der Waals surface area contributed by atoms with Crippen LogP contribution in [-0.4, -0.2) is 59.8 Å². The molecule has 9 nitrogen and oxygen atoms in total. The molecule has 1 aliphatic rings. The molecule has 12 heteroatoms. The monoisotopic (exact) mass is 575 g/mol. The van der Waals surface area contributed by atoms with E-state index in [1.54, 1.807) is 42.5 Å². The first-order valence-electron chi connectivity index (χ1n) is 12.5. The summed E-state index contributed by atoms with van der Waals surface area (Å²) in [6.45, 7) is 0.721. The number of para-hydroxylation sites is 1. The van der Waals surface area contributed by atoms with Gasteiger partial charge in [0.05, 0.1) is 22.0 Å². The van der Waals surface area contributed by atoms with Crippen molar-refractivity contribution in [1.82, 2.24) is 9.62 Å². The van der Waals surface area contributed by atoms with E-state index in [0.717, 1.165) is 47.8 Å². The average molecular weight is 576 g/mol. The van der Waals surface area contributed by atoms with E-state index < -0.39 is 38.3 Å². The first-order chi connectivity index (χ1) is 18.7. The molecule has 1 N–H and O–H groups in total. The lowest BCUT2D eigenvalue weighted by Gasteiger charge is -2.25. The van der Waals surface area contributed by atoms with Gasteiger partial charge in [-0.2, -0.15) is 4.31 Å². The molecule has 1 saturated heterocycles. The molecular formula is C27H30FN3O6S2. The molecule has 0 radical (unpaired) electrons. The third kappa shape index (κ3) is 7.14. The highest BCUT2D eigenvalue weighted by Gasteiger charge is 2.27. The lowest BCUT2D eigenvalue weighted by atomic mass is 10.2. The number of hydrogen-bond acceptors (Lipinski definition) is 6. The minimum absolute atomic E-state index is 0.0833. The van der Waals surface area contributed by atoms with Gasteiger partial charge in [-0.25, -0.2) is 21.2 Å². The summed E-state index contributed by atoms with van der Waals surface area (Å²) >= 11 is 0. The van der Waals surface area contributed by atoms with E-state index in [2.05, 4.69) is 5.32 Å². The van der Waals surface area contributed by atoms with Crippen LogP contribution < -0.4 is 14.4 Å². The number of hydrogen-bond donors (Lipinski definition) is 1. The van der Waals surface area contributed by atoms with Crippen molar-refractivity contribution in [1.29, 1.82) is 0 Å². The van der Waals surface area contributed by atoms with Crippen molar-refractivity contribution in [2.75, 3.05) is 37.1 Å². The van der Waals surface area contributed by atoms with Gasteiger partial charge < -0.3 is 10.1 Å². The molecule has 1 fully saturated rings. The molecule has 0 unspecified atom stereocenters. The highest BCUT2D eigenvalue weighted by molar-refractivity contribution is 7.92. The zero-order chi connectivity index (χ0) is 27.9. The molecule has 208 valence electrons. The Morgan fingerprint density at radius 1 is 0.846 bits per heavy atom. The van der Waals surface area contributed by atoms with Gasteiger partial charge in [0.25, 0.3) is 10.0 Å². The van der Waals surface area contributed by atoms with Crippen molar-refractivity contribution in [3.05, 3.63) is 84.7 Å². The van der Waals surface area contributed by atoms with Crippen LogP contribution in [0.25, 0.3) is 0 Å². The van der Waals surface area contributed by atoms with Gasteiger partial charge in [-0.3, -0.25) is 9.10 Å². The Balaban J connectivity index is 1.33. The number of piperidine rings is 1. The number of sulfonamides is 2. The van der Waals surface area contributed by atoms with E-state index >= 15 is 0 Å². The molecular weight excluding hydrogens is 545 g/mol. The molecule has 1 amide bonds. The normalized spacial score (nSPS) is 14.5. The van der Waals surface area contributed by atoms with Crippen molar-refractivity contribution in [2.24, 2.45) is 0 Å². The van der Waals surface area contributed by atoms with Crippen LogP contribution in [-0.2, 0) is 24.8 Å². The van der Waals surface area contributed by atoms with Crippen molar-refractivity contribution < 1.29 is 30.8 Å². The maximum atomic E-state index is 13.3. The Bertz CT molecular complexity index is 1460. The van der Waals surface area contributed by atoms with Crippen LogP contribution in [0, 0.1) is 5.82 Å². The second kappa shape index (κ2) is 12.6. The van der Waals surface area contributed by atoms with E-state index in [1.165, 1.54) is 16.4 Å². The molecule has 0 aromatic heterocycles. The lowest BCUT2D eigenvalue weighted by Crippen LogP contribution is -2.41. The van der Waals surface area contributed by atoms with Crippen molar-refractivity contribution in [3.8, 4) is 5.75 Å². The summed E-state index contributed by atoms with van der Waals surface area (Å²) < 4.78 is 73.5. The van der Waals surface area contributed by atoms with E-state index in [1.807, 2.05) is 0 Å². The van der Waals surface area contributed by atoms with Gasteiger partial charge in [0, 0.05) is 13.1 Å². The maximum Gasteiger partial charge on any atom is 0.264 e. The third-order valence-corrected chi connectivity index (χ3v) is 9.90. The highest BCUT2D eigenvalue weighted by atomic mass is 32.2. The molecule has 4 rings (SSSR count). The number of halogens is 1. The third-order valence-electron chi connectivity index (χ3n) is 6.20. The first kappa shape index (κ1) is 28.5. The van der Waals surface area contributed by atoms with Crippen LogP contribution in [0.15, 0.2) is 88.7 Å². The van der Waals surface area contributed by atoms with Crippen LogP contribution in [0.5, 0.6) is 5.75 Å². The van der Waals surface area contributed by atoms with E-state index in [9.17, 15) is 26.0 Å². The number of benzene rings is 3. The first-order valence-corrected chi connectivity index (χ1v) is 15.4. The predicted octanol–water partition coefficient (Wildman–Crippen LogP) is 3.39. The Morgan fingerprint density at radius 2 is 1.46 bits per heavy atom. The molecule has 0 atom stereocenters. The highest BCUT2D eigenvalue weighted by Crippen LogP contribution is 2.24. The number of carbonyl (C=O) groups excluding carboxylic acids is 1. The van der Waals surface area contributed by atoms with Crippen LogP contribution in [0.1, 0.15) is 19.3 Å². The fourth-order valence-electron chi connectivity index (χ4n) is 4.15. The second-order valence-corrected chi connectivity index (χ2v) is 12.7. The SMILES string of the molecule is O=C(CN(c1ccccc1)S(=O)(=O)c1ccc(F)cc1)NCCOc1ccc(S(=O)(=O)N2CCCCC2)cc1. The second-order valence-electron chi connectivity index (χ2n) is 8.94. The maximum absolute atomic E-state index is 13.3. The summed E-state index contributed by atoms with van der Waals surface area (Å²) in [5, 5.41) is 2.63. The van der Waals surface area contributed by atoms with Crippen LogP contribution in [0.3, 0.4) is 0 Å². The quantitative estimate of drug-likeness (QED) is 0.351. The van der Waals surface area contributed by atoms with E-state index in [-0.39, 0.29) is 28.6 Å². The van der Waals surface area contributed by atoms with Gasteiger partial charge in [0.2, 0.25) is 15.9 Å². The number of anilines is 1. The standard InChI is InChI=1S/C27H30FN3O6S2/c28-22-9-13-26(14-10-22)39(35,36)31(23-7-3-1-4-8-23)21-27(32)29-17-20-37-24-11-15-25(16-12-24)38(33,34)30-18-5-2-6-19-30/h1,3-4,7-16H,2,5-6,17-21H2,(H,29,32). The Kier molecular flexibility index (Phi) is 9.20. The van der Waals surface area contributed by atoms with Crippen LogP contribution >= 0.6 is 0 Å². The Hall–Kier alpha value is -3.48. The molecule has 1 heterocycles. The molecule has 3 aromatic carbocycles. The van der Waals surface area contributed by atoms with Crippen molar-refractivity contribution in [3.63, 3.8) is 0 Å². The van der Waals surface area contributed by atoms with Gasteiger partial charge in [-0.05, 0) is 73.5 Å². The predicted molar refractivity (Wildman–Crippen MR) is 145 cm³/mol. The van der Waals surface area contributed by atoms with Crippen molar-refractivity contribution >= 4 is 31.6 Å². The summed E-state index contributed by atoms with van der Waals surface area (Å²) in [5.41, 5.74) is 0.285. The van der Waals surface area contributed by atoms with Gasteiger partial charge >= 0.3 is 0 Å². The van der Waals surface area contributed by atoms with Gasteiger partial charge in [0.15, 0.2) is 0 Å². The van der Waals surface area contributed by atoms with E-state index in [0.29, 0.717) is 18.8 Å². The van der Waals surface area contributed by atoms with E-state index in [4.69, 9.17) is 4.74 Å². The lowest BCUT2D eigenvalue weighted by molar-refractivity contribution is -0.119. The zero-order valence-electron chi connectivity index (χ0n) is 21.2. The summed E-state index contributed by atoms with van der Waals surface area (Å²) in [6.07, 6.45) is 2.74. The topological polar surface area (TPSA) is 113 Å². The van der Waals surface area contributed by atoms with Crippen LogP contribution in [0.4, 0.5) is 10.1 Å². The molecule has 0 aliphatic carbocycles. The van der Waals surface area contributed by atoms with Gasteiger partial charge in [-0.15, -0.1) is 0 Å². The Labute approximate surface area is 228 Å². The minimum atomic E-state index is -4.14. The fraction of sp³-hybridized carbons (Fsp3) is 0.296. The van der Waals surface area contributed by atoms with Crippen LogP contribution in [0.2, 0.25) is 0 Å². The molecule has 0 spiro atoms. The largest absolute Gasteiger partial charge is 0.492 e. The molecule has 3 aromatic rings. The number of rotatable bonds is 11. The fourth-order valence-corrected chi connectivity index (χ4v) is 7.09. The number of nitrogens with one attached hydrogen (secondary N) is 1. The number of carbonyl (C=O) groups is 1. The molecule has 1 aliphatic heterocycles. The number of nitrogens with zero attached hydrogens (tertiary/aromatic N) is 2. The molecule has 39 heavy (non-hydrogen) atoms. The summed E-state index contributed by atoms with van der Waals surface area (Å²) in [7, 11) is -7.68. The van der Waals surface area contributed by atoms with Gasteiger partial charge in [-0.1, -0.05) is 24.6 Å². The summed E-state index contributed by atoms with van der Waals surface area (Å²) in [5.74, 6) is -0.695. The summed E-state index contributed by atoms with van der Waals surface area (Å²) in [4.78, 5) is 12.7. The minimum Gasteiger partial charge on any atom is -0.492 e. The number of ether oxygens (including phenoxy) is 1. The summed E-state index contributed by atoms with van der Waals surface area (Å²) in [6, 6.07) is 18.6. The molecule has 0 bridgehead atoms. The molecule has 0 saturated carbocycles. The average Bonchev–Trinajstić information content (AvgIpc) is 2.95. The zero-order valence-corrected chi connectivity index (χ0v) is 22.8. The number of amides is 1.